The van der Waals surface area contributed by atoms with Crippen molar-refractivity contribution < 1.29 is 14.7 Å². The summed E-state index contributed by atoms with van der Waals surface area (Å²) in [5.41, 5.74) is 1.78. The van der Waals surface area contributed by atoms with Crippen molar-refractivity contribution in [1.29, 1.82) is 0 Å². The number of carbonyl (C=O) groups is 2. The minimum absolute atomic E-state index is 0.126. The maximum atomic E-state index is 12.5. The fourth-order valence-corrected chi connectivity index (χ4v) is 3.95. The summed E-state index contributed by atoms with van der Waals surface area (Å²) in [6.07, 6.45) is 2.83. The van der Waals surface area contributed by atoms with Crippen LogP contribution in [0.25, 0.3) is 0 Å². The molecule has 1 aromatic rings. The molecular weight excluding hydrogens is 254 g/mol. The molecule has 0 unspecified atom stereocenters. The van der Waals surface area contributed by atoms with Gasteiger partial charge in [0.15, 0.2) is 0 Å². The van der Waals surface area contributed by atoms with Gasteiger partial charge in [-0.05, 0) is 49.7 Å². The molecule has 4 atom stereocenters. The zero-order valence-electron chi connectivity index (χ0n) is 11.5. The van der Waals surface area contributed by atoms with Gasteiger partial charge in [-0.2, -0.15) is 0 Å². The Bertz CT molecular complexity index is 554. The standard InChI is InChI=1S/C16H19NO3/c1-9-4-2-3-5-12(9)17-15(18)13-10-6-7-11(8-10)14(13)16(19)20/h2-5,10-11,13-14H,6-8H2,1H3,(H,17,18)(H,19,20)/t10-,11+,13-,14+/m1/s1. The zero-order chi connectivity index (χ0) is 14.3. The van der Waals surface area contributed by atoms with Crippen LogP contribution >= 0.6 is 0 Å². The number of fused-ring (bicyclic) bond motifs is 2. The molecule has 3 rings (SSSR count). The second-order valence-corrected chi connectivity index (χ2v) is 6.03. The van der Waals surface area contributed by atoms with E-state index in [0.29, 0.717) is 0 Å². The van der Waals surface area contributed by atoms with Gasteiger partial charge in [0.25, 0.3) is 0 Å². The normalized spacial score (nSPS) is 31.2. The van der Waals surface area contributed by atoms with Crippen molar-refractivity contribution in [3.63, 3.8) is 0 Å². The lowest BCUT2D eigenvalue weighted by Crippen LogP contribution is -2.37. The number of anilines is 1. The largest absolute Gasteiger partial charge is 0.481 e. The van der Waals surface area contributed by atoms with Crippen LogP contribution in [0, 0.1) is 30.6 Å². The fraction of sp³-hybridized carbons (Fsp3) is 0.500. The van der Waals surface area contributed by atoms with Gasteiger partial charge in [0.05, 0.1) is 11.8 Å². The van der Waals surface area contributed by atoms with E-state index in [0.717, 1.165) is 30.5 Å². The van der Waals surface area contributed by atoms with E-state index in [4.69, 9.17) is 0 Å². The first kappa shape index (κ1) is 13.2. The smallest absolute Gasteiger partial charge is 0.307 e. The number of para-hydroxylation sites is 1. The Balaban J connectivity index is 1.80. The first-order valence-corrected chi connectivity index (χ1v) is 7.17. The van der Waals surface area contributed by atoms with E-state index in [1.54, 1.807) is 0 Å². The van der Waals surface area contributed by atoms with E-state index >= 15 is 0 Å². The van der Waals surface area contributed by atoms with Crippen LogP contribution in [-0.4, -0.2) is 17.0 Å². The number of carbonyl (C=O) groups excluding carboxylic acids is 1. The Hall–Kier alpha value is -1.84. The molecule has 0 saturated heterocycles. The molecule has 2 N–H and O–H groups in total. The van der Waals surface area contributed by atoms with E-state index in [2.05, 4.69) is 5.32 Å². The summed E-state index contributed by atoms with van der Waals surface area (Å²) in [5.74, 6) is -1.39. The lowest BCUT2D eigenvalue weighted by atomic mass is 9.78. The van der Waals surface area contributed by atoms with Crippen LogP contribution < -0.4 is 5.32 Å². The molecular formula is C16H19NO3. The number of amides is 1. The number of aryl methyl sites for hydroxylation is 1. The molecule has 1 amide bonds. The Labute approximate surface area is 118 Å². The van der Waals surface area contributed by atoms with Gasteiger partial charge in [0, 0.05) is 5.69 Å². The fourth-order valence-electron chi connectivity index (χ4n) is 3.95. The quantitative estimate of drug-likeness (QED) is 0.889. The van der Waals surface area contributed by atoms with Gasteiger partial charge in [0.1, 0.15) is 0 Å². The highest BCUT2D eigenvalue weighted by Gasteiger charge is 2.53. The zero-order valence-corrected chi connectivity index (χ0v) is 11.5. The van der Waals surface area contributed by atoms with Crippen molar-refractivity contribution in [3.05, 3.63) is 29.8 Å². The van der Waals surface area contributed by atoms with Gasteiger partial charge in [0.2, 0.25) is 5.91 Å². The van der Waals surface area contributed by atoms with Crippen molar-refractivity contribution in [2.75, 3.05) is 5.32 Å². The molecule has 106 valence electrons. The van der Waals surface area contributed by atoms with Gasteiger partial charge in [-0.1, -0.05) is 18.2 Å². The molecule has 2 saturated carbocycles. The van der Waals surface area contributed by atoms with Crippen LogP contribution in [0.4, 0.5) is 5.69 Å². The Morgan fingerprint density at radius 2 is 1.80 bits per heavy atom. The van der Waals surface area contributed by atoms with E-state index in [1.807, 2.05) is 31.2 Å². The molecule has 0 aliphatic heterocycles. The van der Waals surface area contributed by atoms with Crippen LogP contribution in [0.3, 0.4) is 0 Å². The highest BCUT2D eigenvalue weighted by molar-refractivity contribution is 5.96. The van der Waals surface area contributed by atoms with Crippen LogP contribution in [0.1, 0.15) is 24.8 Å². The maximum absolute atomic E-state index is 12.5. The summed E-state index contributed by atoms with van der Waals surface area (Å²) in [6, 6.07) is 7.59. The number of hydrogen-bond donors (Lipinski definition) is 2. The lowest BCUT2D eigenvalue weighted by molar-refractivity contribution is -0.148. The summed E-state index contributed by atoms with van der Waals surface area (Å²) in [4.78, 5) is 23.9. The molecule has 2 bridgehead atoms. The predicted octanol–water partition coefficient (Wildman–Crippen LogP) is 2.68. The number of benzene rings is 1. The van der Waals surface area contributed by atoms with Gasteiger partial charge < -0.3 is 10.4 Å². The first-order valence-electron chi connectivity index (χ1n) is 7.17. The van der Waals surface area contributed by atoms with Gasteiger partial charge in [-0.25, -0.2) is 0 Å². The van der Waals surface area contributed by atoms with E-state index in [1.165, 1.54) is 0 Å². The van der Waals surface area contributed by atoms with Gasteiger partial charge in [-0.15, -0.1) is 0 Å². The van der Waals surface area contributed by atoms with E-state index < -0.39 is 11.9 Å². The van der Waals surface area contributed by atoms with Crippen molar-refractivity contribution in [3.8, 4) is 0 Å². The summed E-state index contributed by atoms with van der Waals surface area (Å²) in [7, 11) is 0. The maximum Gasteiger partial charge on any atom is 0.307 e. The Morgan fingerprint density at radius 3 is 2.45 bits per heavy atom. The lowest BCUT2D eigenvalue weighted by Gasteiger charge is -2.27. The molecule has 1 aromatic carbocycles. The molecule has 0 radical (unpaired) electrons. The van der Waals surface area contributed by atoms with Crippen molar-refractivity contribution >= 4 is 17.6 Å². The highest BCUT2D eigenvalue weighted by atomic mass is 16.4. The second kappa shape index (κ2) is 4.93. The summed E-state index contributed by atoms with van der Waals surface area (Å²) < 4.78 is 0. The molecule has 4 nitrogen and oxygen atoms in total. The SMILES string of the molecule is Cc1ccccc1NC(=O)[C@@H]1[C@@H]2CC[C@@H](C2)[C@@H]1C(=O)O. The molecule has 0 heterocycles. The molecule has 4 heteroatoms. The summed E-state index contributed by atoms with van der Waals surface area (Å²) in [5, 5.41) is 12.3. The van der Waals surface area contributed by atoms with Crippen molar-refractivity contribution in [1.82, 2.24) is 0 Å². The third-order valence-electron chi connectivity index (χ3n) is 4.91. The predicted molar refractivity (Wildman–Crippen MR) is 75.3 cm³/mol. The Kier molecular flexibility index (Phi) is 3.24. The van der Waals surface area contributed by atoms with Crippen LogP contribution in [0.15, 0.2) is 24.3 Å². The monoisotopic (exact) mass is 273 g/mol. The Morgan fingerprint density at radius 1 is 1.15 bits per heavy atom. The minimum Gasteiger partial charge on any atom is -0.481 e. The van der Waals surface area contributed by atoms with Gasteiger partial charge >= 0.3 is 5.97 Å². The molecule has 2 aliphatic rings. The molecule has 2 aliphatic carbocycles. The second-order valence-electron chi connectivity index (χ2n) is 6.03. The average Bonchev–Trinajstić information content (AvgIpc) is 3.01. The van der Waals surface area contributed by atoms with Crippen LogP contribution in [-0.2, 0) is 9.59 Å². The van der Waals surface area contributed by atoms with Crippen molar-refractivity contribution in [2.45, 2.75) is 26.2 Å². The number of aliphatic carboxylic acids is 1. The summed E-state index contributed by atoms with van der Waals surface area (Å²) in [6.45, 7) is 1.94. The number of carboxylic acids is 1. The van der Waals surface area contributed by atoms with Crippen molar-refractivity contribution in [2.24, 2.45) is 23.7 Å². The molecule has 2 fully saturated rings. The molecule has 20 heavy (non-hydrogen) atoms. The van der Waals surface area contributed by atoms with Crippen LogP contribution in [0.2, 0.25) is 0 Å². The first-order chi connectivity index (χ1) is 9.58. The minimum atomic E-state index is -0.817. The summed E-state index contributed by atoms with van der Waals surface area (Å²) >= 11 is 0. The number of hydrogen-bond acceptors (Lipinski definition) is 2. The molecule has 0 aromatic heterocycles. The van der Waals surface area contributed by atoms with Gasteiger partial charge in [-0.3, -0.25) is 9.59 Å². The number of carboxylic acid groups (broad SMARTS) is 1. The third kappa shape index (κ3) is 2.09. The molecule has 0 spiro atoms. The van der Waals surface area contributed by atoms with E-state index in [9.17, 15) is 14.7 Å². The average molecular weight is 273 g/mol. The van der Waals surface area contributed by atoms with E-state index in [-0.39, 0.29) is 23.7 Å². The number of rotatable bonds is 3. The number of nitrogens with one attached hydrogen (secondary N) is 1. The third-order valence-corrected chi connectivity index (χ3v) is 4.91. The topological polar surface area (TPSA) is 66.4 Å². The van der Waals surface area contributed by atoms with Crippen LogP contribution in [0.5, 0.6) is 0 Å². The highest BCUT2D eigenvalue weighted by Crippen LogP contribution is 2.52.